The number of carboxylic acids is 2. The molecule has 0 amide bonds. The molecule has 0 saturated heterocycles. The molecule has 0 spiro atoms. The predicted octanol–water partition coefficient (Wildman–Crippen LogP) is 0.290. The van der Waals surface area contributed by atoms with Gasteiger partial charge < -0.3 is 21.1 Å². The summed E-state index contributed by atoms with van der Waals surface area (Å²) in [6.45, 7) is 0. The zero-order chi connectivity index (χ0) is 15.3. The normalized spacial score (nSPS) is 16.7. The second-order valence-corrected chi connectivity index (χ2v) is 4.98. The third kappa shape index (κ3) is 5.25. The Morgan fingerprint density at radius 2 is 1.74 bits per heavy atom. The monoisotopic (exact) mass is 305 g/mol. The van der Waals surface area contributed by atoms with Gasteiger partial charge in [0.1, 0.15) is 6.04 Å². The molecule has 0 aliphatic rings. The van der Waals surface area contributed by atoms with E-state index in [1.54, 1.807) is 0 Å². The molecule has 0 saturated carbocycles. The molecule has 6 nitrogen and oxygen atoms in total. The van der Waals surface area contributed by atoms with Crippen LogP contribution in [0.1, 0.15) is 12.8 Å². The number of rotatable bonds is 8. The van der Waals surface area contributed by atoms with Gasteiger partial charge in [-0.2, -0.15) is 24.9 Å². The summed E-state index contributed by atoms with van der Waals surface area (Å²) in [6.07, 6.45) is -6.24. The third-order valence-electron chi connectivity index (χ3n) is 2.32. The Labute approximate surface area is 110 Å². The number of thioether (sulfide) groups is 1. The highest BCUT2D eigenvalue weighted by Crippen LogP contribution is 2.34. The van der Waals surface area contributed by atoms with E-state index in [0.29, 0.717) is 0 Å². The molecule has 0 rings (SSSR count). The van der Waals surface area contributed by atoms with E-state index in [4.69, 9.17) is 21.1 Å². The Kier molecular flexibility index (Phi) is 6.60. The first-order valence-electron chi connectivity index (χ1n) is 5.11. The molecule has 2 unspecified atom stereocenters. The standard InChI is InChI=1S/C9H14F3NO5S/c10-9(11,12)8(18,7(16)17)2-4-19-3-1-5(13)6(14)15/h5,18H,1-4,13H2,(H,14,15)(H,16,17). The van der Waals surface area contributed by atoms with Gasteiger partial charge in [-0.05, 0) is 17.9 Å². The van der Waals surface area contributed by atoms with Crippen LogP contribution in [0.4, 0.5) is 13.2 Å². The summed E-state index contributed by atoms with van der Waals surface area (Å²) in [5, 5.41) is 25.9. The van der Waals surface area contributed by atoms with Gasteiger partial charge in [0.25, 0.3) is 5.60 Å². The number of nitrogens with two attached hydrogens (primary N) is 1. The minimum atomic E-state index is -5.27. The Bertz CT molecular complexity index is 338. The van der Waals surface area contributed by atoms with Gasteiger partial charge in [-0.25, -0.2) is 4.79 Å². The van der Waals surface area contributed by atoms with Gasteiger partial charge in [-0.1, -0.05) is 0 Å². The summed E-state index contributed by atoms with van der Waals surface area (Å²) < 4.78 is 37.1. The second-order valence-electron chi connectivity index (χ2n) is 3.76. The number of carbonyl (C=O) groups is 2. The molecule has 0 aliphatic heterocycles. The number of halogens is 3. The number of aliphatic hydroxyl groups is 1. The molecule has 0 aromatic carbocycles. The average molecular weight is 305 g/mol. The van der Waals surface area contributed by atoms with Gasteiger partial charge in [0.2, 0.25) is 0 Å². The molecule has 2 atom stereocenters. The molecule has 0 aromatic rings. The predicted molar refractivity (Wildman–Crippen MR) is 60.8 cm³/mol. The van der Waals surface area contributed by atoms with Crippen LogP contribution >= 0.6 is 11.8 Å². The van der Waals surface area contributed by atoms with Crippen molar-refractivity contribution in [3.05, 3.63) is 0 Å². The fourth-order valence-corrected chi connectivity index (χ4v) is 2.09. The third-order valence-corrected chi connectivity index (χ3v) is 3.34. The molecule has 112 valence electrons. The van der Waals surface area contributed by atoms with Crippen LogP contribution in [0, 0.1) is 0 Å². The van der Waals surface area contributed by atoms with Crippen LogP contribution in [0.25, 0.3) is 0 Å². The molecule has 0 aromatic heterocycles. The molecular formula is C9H14F3NO5S. The van der Waals surface area contributed by atoms with Crippen LogP contribution in [0.3, 0.4) is 0 Å². The Balaban J connectivity index is 4.17. The van der Waals surface area contributed by atoms with E-state index in [2.05, 4.69) is 0 Å². The Morgan fingerprint density at radius 1 is 1.21 bits per heavy atom. The lowest BCUT2D eigenvalue weighted by Crippen LogP contribution is -2.52. The van der Waals surface area contributed by atoms with Crippen molar-refractivity contribution in [1.29, 1.82) is 0 Å². The minimum Gasteiger partial charge on any atom is -0.480 e. The smallest absolute Gasteiger partial charge is 0.428 e. The van der Waals surface area contributed by atoms with Crippen LogP contribution in [0.2, 0.25) is 0 Å². The largest absolute Gasteiger partial charge is 0.480 e. The maximum absolute atomic E-state index is 12.4. The fourth-order valence-electron chi connectivity index (χ4n) is 1.03. The van der Waals surface area contributed by atoms with Crippen molar-refractivity contribution in [2.24, 2.45) is 5.73 Å². The zero-order valence-corrected chi connectivity index (χ0v) is 10.5. The van der Waals surface area contributed by atoms with Crippen molar-refractivity contribution >= 4 is 23.7 Å². The highest BCUT2D eigenvalue weighted by molar-refractivity contribution is 7.99. The van der Waals surface area contributed by atoms with Crippen LogP contribution in [-0.2, 0) is 9.59 Å². The quantitative estimate of drug-likeness (QED) is 0.476. The van der Waals surface area contributed by atoms with Crippen molar-refractivity contribution in [2.75, 3.05) is 11.5 Å². The topological polar surface area (TPSA) is 121 Å². The van der Waals surface area contributed by atoms with E-state index in [0.717, 1.165) is 11.8 Å². The number of aliphatic carboxylic acids is 2. The SMILES string of the molecule is NC(CCSCCC(O)(C(=O)O)C(F)(F)F)C(=O)O. The molecule has 5 N–H and O–H groups in total. The molecule has 10 heteroatoms. The van der Waals surface area contributed by atoms with Crippen molar-refractivity contribution in [2.45, 2.75) is 30.7 Å². The first kappa shape index (κ1) is 18.0. The lowest BCUT2D eigenvalue weighted by molar-refractivity contribution is -0.260. The van der Waals surface area contributed by atoms with Crippen LogP contribution in [0.5, 0.6) is 0 Å². The van der Waals surface area contributed by atoms with Crippen molar-refractivity contribution in [1.82, 2.24) is 0 Å². The average Bonchev–Trinajstić information content (AvgIpc) is 2.25. The van der Waals surface area contributed by atoms with E-state index in [1.807, 2.05) is 0 Å². The van der Waals surface area contributed by atoms with Crippen molar-refractivity contribution in [3.8, 4) is 0 Å². The van der Waals surface area contributed by atoms with Crippen LogP contribution < -0.4 is 5.73 Å². The molecule has 0 aliphatic carbocycles. The summed E-state index contributed by atoms with van der Waals surface area (Å²) in [7, 11) is 0. The highest BCUT2D eigenvalue weighted by atomic mass is 32.2. The van der Waals surface area contributed by atoms with Gasteiger partial charge in [0.05, 0.1) is 0 Å². The second kappa shape index (κ2) is 6.96. The van der Waals surface area contributed by atoms with E-state index < -0.39 is 36.2 Å². The minimum absolute atomic E-state index is 0.0392. The highest BCUT2D eigenvalue weighted by Gasteiger charge is 2.59. The molecule has 0 fully saturated rings. The van der Waals surface area contributed by atoms with Gasteiger partial charge in [0, 0.05) is 6.42 Å². The number of hydrogen-bond acceptors (Lipinski definition) is 5. The summed E-state index contributed by atoms with van der Waals surface area (Å²) in [6, 6.07) is -1.12. The molecular weight excluding hydrogens is 291 g/mol. The lowest BCUT2D eigenvalue weighted by atomic mass is 10.0. The van der Waals surface area contributed by atoms with E-state index in [1.165, 1.54) is 0 Å². The van der Waals surface area contributed by atoms with Crippen LogP contribution in [-0.4, -0.2) is 56.6 Å². The summed E-state index contributed by atoms with van der Waals surface area (Å²) in [5.41, 5.74) is 1.38. The Morgan fingerprint density at radius 3 is 2.11 bits per heavy atom. The first-order chi connectivity index (χ1) is 8.52. The fraction of sp³-hybridized carbons (Fsp3) is 0.778. The van der Waals surface area contributed by atoms with E-state index >= 15 is 0 Å². The molecule has 0 heterocycles. The first-order valence-corrected chi connectivity index (χ1v) is 6.26. The van der Waals surface area contributed by atoms with Gasteiger partial charge in [0.15, 0.2) is 0 Å². The van der Waals surface area contributed by atoms with Crippen molar-refractivity contribution < 1.29 is 38.1 Å². The van der Waals surface area contributed by atoms with Gasteiger partial charge in [-0.3, -0.25) is 4.79 Å². The van der Waals surface area contributed by atoms with Gasteiger partial charge >= 0.3 is 18.1 Å². The number of hydrogen-bond donors (Lipinski definition) is 4. The molecule has 0 bridgehead atoms. The van der Waals surface area contributed by atoms with Crippen molar-refractivity contribution in [3.63, 3.8) is 0 Å². The lowest BCUT2D eigenvalue weighted by Gasteiger charge is -2.25. The maximum Gasteiger partial charge on any atom is 0.428 e. The summed E-state index contributed by atoms with van der Waals surface area (Å²) >= 11 is 0.893. The number of carboxylic acid groups (broad SMARTS) is 2. The van der Waals surface area contributed by atoms with Gasteiger partial charge in [-0.15, -0.1) is 0 Å². The number of alkyl halides is 3. The molecule has 0 radical (unpaired) electrons. The summed E-state index contributed by atoms with van der Waals surface area (Å²) in [4.78, 5) is 20.8. The zero-order valence-electron chi connectivity index (χ0n) is 9.68. The molecule has 19 heavy (non-hydrogen) atoms. The maximum atomic E-state index is 12.4. The van der Waals surface area contributed by atoms with E-state index in [-0.39, 0.29) is 17.9 Å². The summed E-state index contributed by atoms with van der Waals surface area (Å²) in [5.74, 6) is -3.71. The Hall–Kier alpha value is -1.00. The van der Waals surface area contributed by atoms with Crippen LogP contribution in [0.15, 0.2) is 0 Å². The van der Waals surface area contributed by atoms with E-state index in [9.17, 15) is 22.8 Å².